The molecule has 0 saturated heterocycles. The van der Waals surface area contributed by atoms with E-state index in [0.717, 1.165) is 25.2 Å². The molecular weight excluding hydrogens is 234 g/mol. The fourth-order valence-electron chi connectivity index (χ4n) is 2.41. The smallest absolute Gasteiger partial charge is 0.220 e. The molecule has 1 aliphatic carbocycles. The topological polar surface area (TPSA) is 29.1 Å². The molecule has 1 fully saturated rings. The van der Waals surface area contributed by atoms with Gasteiger partial charge in [-0.3, -0.25) is 4.79 Å². The number of nitrogens with one attached hydrogen (secondary N) is 1. The number of halogens is 1. The highest BCUT2D eigenvalue weighted by Gasteiger charge is 2.34. The summed E-state index contributed by atoms with van der Waals surface area (Å²) in [7, 11) is 0. The van der Waals surface area contributed by atoms with E-state index < -0.39 is 0 Å². The molecule has 0 radical (unpaired) electrons. The van der Waals surface area contributed by atoms with Crippen LogP contribution in [0.1, 0.15) is 59.3 Å². The van der Waals surface area contributed by atoms with Gasteiger partial charge in [-0.1, -0.05) is 27.2 Å². The van der Waals surface area contributed by atoms with Crippen LogP contribution in [-0.2, 0) is 4.79 Å². The molecule has 1 N–H and O–H groups in total. The van der Waals surface area contributed by atoms with Gasteiger partial charge in [0.2, 0.25) is 5.91 Å². The van der Waals surface area contributed by atoms with E-state index in [4.69, 9.17) is 11.6 Å². The lowest BCUT2D eigenvalue weighted by Gasteiger charge is -2.39. The normalized spacial score (nSPS) is 30.9. The van der Waals surface area contributed by atoms with Crippen molar-refractivity contribution in [2.45, 2.75) is 64.8 Å². The standard InChI is InChI=1S/C14H26ClNO/c1-4-11(2)9-13(17)16-14(10-15)7-5-12(3)6-8-14/h11-12H,4-10H2,1-3H3,(H,16,17). The molecule has 0 aromatic heterocycles. The number of hydrogen-bond acceptors (Lipinski definition) is 1. The Hall–Kier alpha value is -0.240. The van der Waals surface area contributed by atoms with Crippen LogP contribution >= 0.6 is 11.6 Å². The Balaban J connectivity index is 2.48. The van der Waals surface area contributed by atoms with Gasteiger partial charge in [0, 0.05) is 12.3 Å². The number of rotatable bonds is 5. The lowest BCUT2D eigenvalue weighted by atomic mass is 9.78. The third-order valence-electron chi connectivity index (χ3n) is 4.12. The van der Waals surface area contributed by atoms with Crippen LogP contribution in [0.5, 0.6) is 0 Å². The SMILES string of the molecule is CCC(C)CC(=O)NC1(CCl)CCC(C)CC1. The second-order valence-corrected chi connectivity index (χ2v) is 6.13. The van der Waals surface area contributed by atoms with E-state index in [2.05, 4.69) is 26.1 Å². The second-order valence-electron chi connectivity index (χ2n) is 5.86. The molecule has 0 aromatic rings. The predicted octanol–water partition coefficient (Wildman–Crippen LogP) is 3.73. The minimum atomic E-state index is -0.126. The maximum atomic E-state index is 12.0. The molecule has 1 amide bonds. The van der Waals surface area contributed by atoms with Crippen molar-refractivity contribution in [2.24, 2.45) is 11.8 Å². The third-order valence-corrected chi connectivity index (χ3v) is 4.63. The first-order valence-electron chi connectivity index (χ1n) is 6.88. The van der Waals surface area contributed by atoms with Gasteiger partial charge in [0.1, 0.15) is 0 Å². The van der Waals surface area contributed by atoms with Crippen LogP contribution in [0, 0.1) is 11.8 Å². The van der Waals surface area contributed by atoms with Crippen molar-refractivity contribution in [1.82, 2.24) is 5.32 Å². The Morgan fingerprint density at radius 2 is 2.06 bits per heavy atom. The highest BCUT2D eigenvalue weighted by molar-refractivity contribution is 6.18. The highest BCUT2D eigenvalue weighted by atomic mass is 35.5. The molecular formula is C14H26ClNO. The molecule has 1 unspecified atom stereocenters. The highest BCUT2D eigenvalue weighted by Crippen LogP contribution is 2.33. The Kier molecular flexibility index (Phi) is 5.78. The monoisotopic (exact) mass is 259 g/mol. The van der Waals surface area contributed by atoms with Gasteiger partial charge in [0.05, 0.1) is 5.54 Å². The molecule has 1 saturated carbocycles. The van der Waals surface area contributed by atoms with Crippen LogP contribution in [0.15, 0.2) is 0 Å². The van der Waals surface area contributed by atoms with Crippen LogP contribution < -0.4 is 5.32 Å². The molecule has 0 aliphatic heterocycles. The Morgan fingerprint density at radius 1 is 1.47 bits per heavy atom. The Morgan fingerprint density at radius 3 is 2.53 bits per heavy atom. The number of amides is 1. The first-order valence-corrected chi connectivity index (χ1v) is 7.41. The first kappa shape index (κ1) is 14.8. The molecule has 0 heterocycles. The lowest BCUT2D eigenvalue weighted by Crippen LogP contribution is -2.52. The van der Waals surface area contributed by atoms with Crippen LogP contribution in [0.4, 0.5) is 0 Å². The molecule has 0 spiro atoms. The summed E-state index contributed by atoms with van der Waals surface area (Å²) in [6.45, 7) is 6.52. The molecule has 100 valence electrons. The van der Waals surface area contributed by atoms with Crippen molar-refractivity contribution in [3.63, 3.8) is 0 Å². The van der Waals surface area contributed by atoms with Gasteiger partial charge in [-0.05, 0) is 37.5 Å². The van der Waals surface area contributed by atoms with Gasteiger partial charge in [-0.25, -0.2) is 0 Å². The maximum absolute atomic E-state index is 12.0. The summed E-state index contributed by atoms with van der Waals surface area (Å²) in [5.41, 5.74) is -0.126. The quantitative estimate of drug-likeness (QED) is 0.749. The van der Waals surface area contributed by atoms with Crippen molar-refractivity contribution in [3.8, 4) is 0 Å². The van der Waals surface area contributed by atoms with Gasteiger partial charge < -0.3 is 5.32 Å². The minimum Gasteiger partial charge on any atom is -0.349 e. The van der Waals surface area contributed by atoms with Crippen LogP contribution in [0.3, 0.4) is 0 Å². The predicted molar refractivity (Wildman–Crippen MR) is 73.3 cm³/mol. The van der Waals surface area contributed by atoms with Gasteiger partial charge in [-0.15, -0.1) is 11.6 Å². The van der Waals surface area contributed by atoms with Crippen LogP contribution in [-0.4, -0.2) is 17.3 Å². The van der Waals surface area contributed by atoms with Crippen molar-refractivity contribution >= 4 is 17.5 Å². The summed E-state index contributed by atoms with van der Waals surface area (Å²) in [5, 5.41) is 3.20. The van der Waals surface area contributed by atoms with Crippen molar-refractivity contribution < 1.29 is 4.79 Å². The van der Waals surface area contributed by atoms with E-state index >= 15 is 0 Å². The number of carbonyl (C=O) groups excluding carboxylic acids is 1. The average molecular weight is 260 g/mol. The minimum absolute atomic E-state index is 0.126. The summed E-state index contributed by atoms with van der Waals surface area (Å²) >= 11 is 6.08. The number of hydrogen-bond donors (Lipinski definition) is 1. The van der Waals surface area contributed by atoms with Crippen molar-refractivity contribution in [3.05, 3.63) is 0 Å². The van der Waals surface area contributed by atoms with E-state index in [-0.39, 0.29) is 11.4 Å². The summed E-state index contributed by atoms with van der Waals surface area (Å²) in [6, 6.07) is 0. The van der Waals surface area contributed by atoms with Crippen molar-refractivity contribution in [1.29, 1.82) is 0 Å². The molecule has 2 nitrogen and oxygen atoms in total. The van der Waals surface area contributed by atoms with Crippen LogP contribution in [0.2, 0.25) is 0 Å². The maximum Gasteiger partial charge on any atom is 0.220 e. The van der Waals surface area contributed by atoms with E-state index in [1.165, 1.54) is 12.8 Å². The number of alkyl halides is 1. The fourth-order valence-corrected chi connectivity index (χ4v) is 2.75. The molecule has 0 bridgehead atoms. The van der Waals surface area contributed by atoms with Gasteiger partial charge in [0.15, 0.2) is 0 Å². The van der Waals surface area contributed by atoms with Gasteiger partial charge in [0.25, 0.3) is 0 Å². The molecule has 3 heteroatoms. The molecule has 1 aliphatic rings. The first-order chi connectivity index (χ1) is 8.01. The zero-order chi connectivity index (χ0) is 12.9. The fraction of sp³-hybridized carbons (Fsp3) is 0.929. The zero-order valence-corrected chi connectivity index (χ0v) is 12.1. The second kappa shape index (κ2) is 6.63. The lowest BCUT2D eigenvalue weighted by molar-refractivity contribution is -0.124. The summed E-state index contributed by atoms with van der Waals surface area (Å²) < 4.78 is 0. The summed E-state index contributed by atoms with van der Waals surface area (Å²) in [6.07, 6.45) is 6.10. The Bertz CT molecular complexity index is 247. The largest absolute Gasteiger partial charge is 0.349 e. The molecule has 17 heavy (non-hydrogen) atoms. The third kappa shape index (κ3) is 4.50. The molecule has 1 rings (SSSR count). The molecule has 0 aromatic carbocycles. The van der Waals surface area contributed by atoms with Crippen LogP contribution in [0.25, 0.3) is 0 Å². The molecule has 1 atom stereocenters. The Labute approximate surface area is 110 Å². The summed E-state index contributed by atoms with van der Waals surface area (Å²) in [5.74, 6) is 1.96. The van der Waals surface area contributed by atoms with Gasteiger partial charge >= 0.3 is 0 Å². The van der Waals surface area contributed by atoms with E-state index in [9.17, 15) is 4.79 Å². The average Bonchev–Trinajstić information content (AvgIpc) is 2.32. The van der Waals surface area contributed by atoms with E-state index in [1.54, 1.807) is 0 Å². The van der Waals surface area contributed by atoms with E-state index in [1.807, 2.05) is 0 Å². The van der Waals surface area contributed by atoms with Crippen molar-refractivity contribution in [2.75, 3.05) is 5.88 Å². The van der Waals surface area contributed by atoms with Gasteiger partial charge in [-0.2, -0.15) is 0 Å². The summed E-state index contributed by atoms with van der Waals surface area (Å²) in [4.78, 5) is 12.0. The zero-order valence-electron chi connectivity index (χ0n) is 11.4. The van der Waals surface area contributed by atoms with E-state index in [0.29, 0.717) is 18.2 Å². The number of carbonyl (C=O) groups is 1.